The molecule has 6 heteroatoms. The lowest BCUT2D eigenvalue weighted by Crippen LogP contribution is -2.15. The van der Waals surface area contributed by atoms with Crippen LogP contribution in [0.25, 0.3) is 11.1 Å². The van der Waals surface area contributed by atoms with Crippen LogP contribution in [0.5, 0.6) is 5.75 Å². The summed E-state index contributed by atoms with van der Waals surface area (Å²) < 4.78 is 12.3. The van der Waals surface area contributed by atoms with E-state index in [0.29, 0.717) is 25.1 Å². The van der Waals surface area contributed by atoms with Crippen LogP contribution in [0.4, 0.5) is 0 Å². The van der Waals surface area contributed by atoms with Crippen molar-refractivity contribution >= 4 is 17.1 Å². The number of hydrogen-bond acceptors (Lipinski definition) is 4. The van der Waals surface area contributed by atoms with Crippen LogP contribution < -0.4 is 10.5 Å². The van der Waals surface area contributed by atoms with Crippen LogP contribution in [-0.2, 0) is 6.54 Å². The SMILES string of the molecule is Cc1cccc(OCCCn2c(=O)oc3cc(C(=O)O)ccc32)c1. The topological polar surface area (TPSA) is 81.7 Å². The van der Waals surface area contributed by atoms with Crippen molar-refractivity contribution in [2.75, 3.05) is 6.61 Å². The molecule has 0 aliphatic heterocycles. The van der Waals surface area contributed by atoms with E-state index < -0.39 is 11.7 Å². The van der Waals surface area contributed by atoms with Crippen molar-refractivity contribution in [3.8, 4) is 5.75 Å². The number of carboxylic acids is 1. The third kappa shape index (κ3) is 3.32. The first kappa shape index (κ1) is 15.9. The van der Waals surface area contributed by atoms with E-state index in [4.69, 9.17) is 14.3 Å². The lowest BCUT2D eigenvalue weighted by Gasteiger charge is -2.07. The smallest absolute Gasteiger partial charge is 0.419 e. The van der Waals surface area contributed by atoms with E-state index in [1.54, 1.807) is 6.07 Å². The highest BCUT2D eigenvalue weighted by Gasteiger charge is 2.12. The molecule has 0 bridgehead atoms. The summed E-state index contributed by atoms with van der Waals surface area (Å²) in [6.45, 7) is 2.90. The minimum atomic E-state index is -1.06. The van der Waals surface area contributed by atoms with Gasteiger partial charge in [0.1, 0.15) is 5.75 Å². The Morgan fingerprint density at radius 1 is 1.25 bits per heavy atom. The Labute approximate surface area is 137 Å². The third-order valence-corrected chi connectivity index (χ3v) is 3.70. The highest BCUT2D eigenvalue weighted by atomic mass is 16.5. The Bertz CT molecular complexity index is 938. The number of nitrogens with zero attached hydrogens (tertiary/aromatic N) is 1. The fourth-order valence-corrected chi connectivity index (χ4v) is 2.53. The Balaban J connectivity index is 1.68. The van der Waals surface area contributed by atoms with Crippen molar-refractivity contribution < 1.29 is 19.1 Å². The first-order chi connectivity index (χ1) is 11.5. The molecule has 2 aromatic carbocycles. The van der Waals surface area contributed by atoms with Gasteiger partial charge in [0.05, 0.1) is 17.7 Å². The standard InChI is InChI=1S/C18H17NO5/c1-12-4-2-5-14(10-12)23-9-3-8-19-15-7-6-13(17(20)21)11-16(15)24-18(19)22/h2,4-7,10-11H,3,8-9H2,1H3,(H,20,21). The van der Waals surface area contributed by atoms with Gasteiger partial charge in [-0.25, -0.2) is 9.59 Å². The molecule has 3 aromatic rings. The van der Waals surface area contributed by atoms with Gasteiger partial charge in [-0.05, 0) is 49.2 Å². The highest BCUT2D eigenvalue weighted by Crippen LogP contribution is 2.16. The number of aryl methyl sites for hydroxylation is 2. The molecule has 0 fully saturated rings. The molecule has 0 unspecified atom stereocenters. The summed E-state index contributed by atoms with van der Waals surface area (Å²) in [5.41, 5.74) is 2.07. The summed E-state index contributed by atoms with van der Waals surface area (Å²) in [6.07, 6.45) is 0.628. The number of aromatic carboxylic acids is 1. The van der Waals surface area contributed by atoms with E-state index in [9.17, 15) is 9.59 Å². The second-order valence-corrected chi connectivity index (χ2v) is 5.53. The fraction of sp³-hybridized carbons (Fsp3) is 0.222. The van der Waals surface area contributed by atoms with Crippen LogP contribution in [0, 0.1) is 6.92 Å². The summed E-state index contributed by atoms with van der Waals surface area (Å²) in [7, 11) is 0. The number of benzene rings is 2. The highest BCUT2D eigenvalue weighted by molar-refractivity contribution is 5.91. The molecule has 0 saturated heterocycles. The largest absolute Gasteiger partial charge is 0.494 e. The molecule has 0 spiro atoms. The van der Waals surface area contributed by atoms with Crippen molar-refractivity contribution in [1.82, 2.24) is 4.57 Å². The monoisotopic (exact) mass is 327 g/mol. The first-order valence-electron chi connectivity index (χ1n) is 7.61. The number of rotatable bonds is 6. The molecule has 1 N–H and O–H groups in total. The van der Waals surface area contributed by atoms with Crippen LogP contribution in [0.1, 0.15) is 22.3 Å². The zero-order chi connectivity index (χ0) is 17.1. The molecule has 0 saturated carbocycles. The molecular formula is C18H17NO5. The Morgan fingerprint density at radius 2 is 2.08 bits per heavy atom. The maximum Gasteiger partial charge on any atom is 0.419 e. The average molecular weight is 327 g/mol. The predicted molar refractivity (Wildman–Crippen MR) is 88.7 cm³/mol. The number of ether oxygens (including phenoxy) is 1. The van der Waals surface area contributed by atoms with E-state index >= 15 is 0 Å². The number of carboxylic acid groups (broad SMARTS) is 1. The lowest BCUT2D eigenvalue weighted by atomic mass is 10.2. The summed E-state index contributed by atoms with van der Waals surface area (Å²) in [5, 5.41) is 8.98. The van der Waals surface area contributed by atoms with Crippen molar-refractivity contribution in [2.24, 2.45) is 0 Å². The van der Waals surface area contributed by atoms with Crippen LogP contribution in [-0.4, -0.2) is 22.2 Å². The minimum absolute atomic E-state index is 0.0891. The second kappa shape index (κ2) is 6.62. The molecule has 0 radical (unpaired) electrons. The first-order valence-corrected chi connectivity index (χ1v) is 7.61. The Hall–Kier alpha value is -3.02. The molecule has 0 amide bonds. The van der Waals surface area contributed by atoms with E-state index in [-0.39, 0.29) is 11.1 Å². The van der Waals surface area contributed by atoms with Crippen LogP contribution in [0.3, 0.4) is 0 Å². The molecule has 0 aliphatic rings. The molecule has 1 aromatic heterocycles. The van der Waals surface area contributed by atoms with Crippen molar-refractivity contribution in [3.63, 3.8) is 0 Å². The van der Waals surface area contributed by atoms with Gasteiger partial charge in [-0.3, -0.25) is 4.57 Å². The van der Waals surface area contributed by atoms with Gasteiger partial charge in [0.15, 0.2) is 5.58 Å². The Morgan fingerprint density at radius 3 is 2.83 bits per heavy atom. The zero-order valence-electron chi connectivity index (χ0n) is 13.2. The zero-order valence-corrected chi connectivity index (χ0v) is 13.2. The second-order valence-electron chi connectivity index (χ2n) is 5.53. The van der Waals surface area contributed by atoms with Crippen molar-refractivity contribution in [2.45, 2.75) is 19.9 Å². The molecule has 124 valence electrons. The summed E-state index contributed by atoms with van der Waals surface area (Å²) >= 11 is 0. The van der Waals surface area contributed by atoms with Crippen LogP contribution >= 0.6 is 0 Å². The molecule has 6 nitrogen and oxygen atoms in total. The molecule has 0 atom stereocenters. The van der Waals surface area contributed by atoms with Gasteiger partial charge in [-0.1, -0.05) is 12.1 Å². The van der Waals surface area contributed by atoms with Crippen molar-refractivity contribution in [3.05, 3.63) is 64.1 Å². The summed E-state index contributed by atoms with van der Waals surface area (Å²) in [4.78, 5) is 22.9. The number of hydrogen-bond donors (Lipinski definition) is 1. The number of carbonyl (C=O) groups is 1. The van der Waals surface area contributed by atoms with Crippen LogP contribution in [0.15, 0.2) is 51.7 Å². The number of aromatic nitrogens is 1. The number of oxazole rings is 1. The maximum absolute atomic E-state index is 11.9. The van der Waals surface area contributed by atoms with E-state index in [2.05, 4.69) is 0 Å². The summed E-state index contributed by atoms with van der Waals surface area (Å²) in [5.74, 6) is -0.757. The maximum atomic E-state index is 11.9. The van der Waals surface area contributed by atoms with Gasteiger partial charge in [0.25, 0.3) is 0 Å². The predicted octanol–water partition coefficient (Wildman–Crippen LogP) is 3.07. The normalized spacial score (nSPS) is 10.9. The van der Waals surface area contributed by atoms with E-state index in [1.807, 2.05) is 31.2 Å². The number of fused-ring (bicyclic) bond motifs is 1. The molecule has 1 heterocycles. The van der Waals surface area contributed by atoms with E-state index in [1.165, 1.54) is 16.7 Å². The van der Waals surface area contributed by atoms with Crippen molar-refractivity contribution in [1.29, 1.82) is 0 Å². The van der Waals surface area contributed by atoms with Gasteiger partial charge in [-0.2, -0.15) is 0 Å². The van der Waals surface area contributed by atoms with Gasteiger partial charge in [-0.15, -0.1) is 0 Å². The fourth-order valence-electron chi connectivity index (χ4n) is 2.53. The summed E-state index contributed by atoms with van der Waals surface area (Å²) in [6, 6.07) is 12.2. The van der Waals surface area contributed by atoms with Gasteiger partial charge in [0, 0.05) is 6.54 Å². The molecule has 0 aliphatic carbocycles. The Kier molecular flexibility index (Phi) is 4.37. The van der Waals surface area contributed by atoms with Gasteiger partial charge >= 0.3 is 11.7 Å². The third-order valence-electron chi connectivity index (χ3n) is 3.70. The van der Waals surface area contributed by atoms with Gasteiger partial charge in [0.2, 0.25) is 0 Å². The lowest BCUT2D eigenvalue weighted by molar-refractivity contribution is 0.0697. The molecule has 3 rings (SSSR count). The van der Waals surface area contributed by atoms with Gasteiger partial charge < -0.3 is 14.3 Å². The molecule has 24 heavy (non-hydrogen) atoms. The quantitative estimate of drug-likeness (QED) is 0.704. The molecular weight excluding hydrogens is 310 g/mol. The minimum Gasteiger partial charge on any atom is -0.494 e. The van der Waals surface area contributed by atoms with E-state index in [0.717, 1.165) is 11.3 Å². The average Bonchev–Trinajstić information content (AvgIpc) is 2.86. The van der Waals surface area contributed by atoms with Crippen LogP contribution in [0.2, 0.25) is 0 Å².